The smallest absolute Gasteiger partial charge is 0.289 e. The van der Waals surface area contributed by atoms with Crippen LogP contribution in [0.2, 0.25) is 0 Å². The molecule has 1 fully saturated rings. The van der Waals surface area contributed by atoms with Crippen LogP contribution in [0.1, 0.15) is 25.9 Å². The molecule has 1 aliphatic heterocycles. The number of nitro groups is 1. The minimum atomic E-state index is -0.439. The lowest BCUT2D eigenvalue weighted by Gasteiger charge is -2.34. The number of carbonyl (C=O) groups is 2. The second-order valence-electron chi connectivity index (χ2n) is 7.66. The molecule has 1 aromatic carbocycles. The van der Waals surface area contributed by atoms with Crippen molar-refractivity contribution in [3.63, 3.8) is 0 Å². The van der Waals surface area contributed by atoms with Crippen molar-refractivity contribution in [1.29, 1.82) is 0 Å². The van der Waals surface area contributed by atoms with Crippen molar-refractivity contribution in [2.75, 3.05) is 26.2 Å². The molecule has 4 heterocycles. The SMILES string of the molecule is Cc1c(C(=O)N2CCN(C(=O)c3ccco3)CC2)sc2nc(-c3cccc([N+](=O)[O-])c3)cn12. The van der Waals surface area contributed by atoms with Crippen LogP contribution in [-0.4, -0.2) is 62.1 Å². The Balaban J connectivity index is 1.32. The Hall–Kier alpha value is -3.99. The van der Waals surface area contributed by atoms with Gasteiger partial charge in [0, 0.05) is 55.8 Å². The van der Waals surface area contributed by atoms with E-state index in [9.17, 15) is 19.7 Å². The fourth-order valence-corrected chi connectivity index (χ4v) is 4.96. The first-order valence-electron chi connectivity index (χ1n) is 10.3. The molecular formula is C22H19N5O5S. The van der Waals surface area contributed by atoms with Crippen molar-refractivity contribution in [2.45, 2.75) is 6.92 Å². The van der Waals surface area contributed by atoms with Crippen molar-refractivity contribution in [1.82, 2.24) is 19.2 Å². The van der Waals surface area contributed by atoms with E-state index in [-0.39, 0.29) is 17.5 Å². The lowest BCUT2D eigenvalue weighted by atomic mass is 10.1. The molecule has 0 spiro atoms. The maximum absolute atomic E-state index is 13.2. The van der Waals surface area contributed by atoms with Gasteiger partial charge >= 0.3 is 0 Å². The summed E-state index contributed by atoms with van der Waals surface area (Å²) in [5.74, 6) is 0.0289. The van der Waals surface area contributed by atoms with E-state index in [1.165, 1.54) is 29.7 Å². The number of non-ortho nitro benzene ring substituents is 1. The molecule has 10 nitrogen and oxygen atoms in total. The predicted molar refractivity (Wildman–Crippen MR) is 120 cm³/mol. The number of rotatable bonds is 4. The van der Waals surface area contributed by atoms with Crippen LogP contribution in [0, 0.1) is 17.0 Å². The summed E-state index contributed by atoms with van der Waals surface area (Å²) in [6.45, 7) is 3.59. The first-order chi connectivity index (χ1) is 15.9. The molecule has 4 aromatic rings. The zero-order chi connectivity index (χ0) is 23.1. The van der Waals surface area contributed by atoms with E-state index in [0.717, 1.165) is 5.69 Å². The third-order valence-corrected chi connectivity index (χ3v) is 6.83. The zero-order valence-corrected chi connectivity index (χ0v) is 18.4. The Labute approximate surface area is 191 Å². The molecule has 168 valence electrons. The highest BCUT2D eigenvalue weighted by Crippen LogP contribution is 2.29. The molecule has 0 radical (unpaired) electrons. The van der Waals surface area contributed by atoms with Crippen molar-refractivity contribution in [2.24, 2.45) is 0 Å². The molecule has 3 aromatic heterocycles. The van der Waals surface area contributed by atoms with Crippen LogP contribution in [0.25, 0.3) is 16.2 Å². The summed E-state index contributed by atoms with van der Waals surface area (Å²) >= 11 is 1.29. The minimum Gasteiger partial charge on any atom is -0.459 e. The summed E-state index contributed by atoms with van der Waals surface area (Å²) in [5, 5.41) is 11.1. The molecule has 0 saturated carbocycles. The number of imidazole rings is 1. The first-order valence-corrected chi connectivity index (χ1v) is 11.1. The van der Waals surface area contributed by atoms with Gasteiger partial charge < -0.3 is 14.2 Å². The van der Waals surface area contributed by atoms with E-state index < -0.39 is 4.92 Å². The number of benzene rings is 1. The number of nitrogens with zero attached hydrogens (tertiary/aromatic N) is 5. The van der Waals surface area contributed by atoms with Gasteiger partial charge in [0.25, 0.3) is 17.5 Å². The van der Waals surface area contributed by atoms with Crippen LogP contribution in [0.3, 0.4) is 0 Å². The van der Waals surface area contributed by atoms with E-state index in [2.05, 4.69) is 4.98 Å². The van der Waals surface area contributed by atoms with Crippen LogP contribution in [0.15, 0.2) is 53.3 Å². The summed E-state index contributed by atoms with van der Waals surface area (Å²) in [4.78, 5) is 45.5. The molecule has 1 saturated heterocycles. The largest absolute Gasteiger partial charge is 0.459 e. The monoisotopic (exact) mass is 465 g/mol. The molecule has 1 aliphatic rings. The van der Waals surface area contributed by atoms with Crippen molar-refractivity contribution < 1.29 is 18.9 Å². The topological polar surface area (TPSA) is 114 Å². The lowest BCUT2D eigenvalue weighted by molar-refractivity contribution is -0.384. The second-order valence-corrected chi connectivity index (χ2v) is 8.64. The molecule has 0 unspecified atom stereocenters. The van der Waals surface area contributed by atoms with E-state index in [1.54, 1.807) is 40.3 Å². The minimum absolute atomic E-state index is 0.00103. The highest BCUT2D eigenvalue weighted by molar-refractivity contribution is 7.19. The van der Waals surface area contributed by atoms with Gasteiger partial charge in [0.1, 0.15) is 4.88 Å². The summed E-state index contributed by atoms with van der Waals surface area (Å²) in [5.41, 5.74) is 2.02. The van der Waals surface area contributed by atoms with Gasteiger partial charge in [-0.05, 0) is 19.1 Å². The summed E-state index contributed by atoms with van der Waals surface area (Å²) < 4.78 is 7.02. The number of fused-ring (bicyclic) bond motifs is 1. The number of aryl methyl sites for hydroxylation is 1. The standard InChI is InChI=1S/C22H19N5O5S/c1-14-19(21(29)25-9-7-24(8-10-25)20(28)18-6-3-11-32-18)33-22-23-17(13-26(14)22)15-4-2-5-16(12-15)27(30)31/h2-6,11-13H,7-10H2,1H3. The summed E-state index contributed by atoms with van der Waals surface area (Å²) in [6, 6.07) is 9.62. The van der Waals surface area contributed by atoms with E-state index in [1.807, 2.05) is 11.3 Å². The highest BCUT2D eigenvalue weighted by Gasteiger charge is 2.29. The van der Waals surface area contributed by atoms with Gasteiger partial charge in [-0.15, -0.1) is 0 Å². The molecule has 2 amide bonds. The average Bonchev–Trinajstić information content (AvgIpc) is 3.57. The summed E-state index contributed by atoms with van der Waals surface area (Å²) in [7, 11) is 0. The van der Waals surface area contributed by atoms with E-state index in [0.29, 0.717) is 53.0 Å². The number of thiazole rings is 1. The van der Waals surface area contributed by atoms with Gasteiger partial charge in [-0.3, -0.25) is 24.1 Å². The molecule has 5 rings (SSSR count). The van der Waals surface area contributed by atoms with Crippen LogP contribution >= 0.6 is 11.3 Å². The Morgan fingerprint density at radius 2 is 1.82 bits per heavy atom. The van der Waals surface area contributed by atoms with E-state index >= 15 is 0 Å². The second kappa shape index (κ2) is 8.17. The van der Waals surface area contributed by atoms with Crippen molar-refractivity contribution in [3.8, 4) is 11.3 Å². The van der Waals surface area contributed by atoms with E-state index in [4.69, 9.17) is 4.42 Å². The number of furan rings is 1. The van der Waals surface area contributed by atoms with Crippen molar-refractivity contribution in [3.05, 3.63) is 75.3 Å². The van der Waals surface area contributed by atoms with Crippen LogP contribution in [0.4, 0.5) is 5.69 Å². The van der Waals surface area contributed by atoms with Crippen LogP contribution in [0.5, 0.6) is 0 Å². The fourth-order valence-electron chi connectivity index (χ4n) is 3.88. The molecule has 0 N–H and O–H groups in total. The number of piperazine rings is 1. The lowest BCUT2D eigenvalue weighted by Crippen LogP contribution is -2.50. The Morgan fingerprint density at radius 1 is 1.09 bits per heavy atom. The Kier molecular flexibility index (Phi) is 5.17. The molecule has 0 bridgehead atoms. The molecule has 0 atom stereocenters. The number of amides is 2. The highest BCUT2D eigenvalue weighted by atomic mass is 32.1. The van der Waals surface area contributed by atoms with Gasteiger partial charge in [-0.2, -0.15) is 0 Å². The van der Waals surface area contributed by atoms with Crippen LogP contribution < -0.4 is 0 Å². The third kappa shape index (κ3) is 3.76. The first kappa shape index (κ1) is 20.9. The number of nitro benzene ring substituents is 1. The number of carbonyl (C=O) groups excluding carboxylic acids is 2. The van der Waals surface area contributed by atoms with Gasteiger partial charge in [0.15, 0.2) is 10.7 Å². The zero-order valence-electron chi connectivity index (χ0n) is 17.6. The number of aromatic nitrogens is 2. The van der Waals surface area contributed by atoms with Crippen molar-refractivity contribution >= 4 is 33.8 Å². The fraction of sp³-hybridized carbons (Fsp3) is 0.227. The summed E-state index contributed by atoms with van der Waals surface area (Å²) in [6.07, 6.45) is 3.25. The number of hydrogen-bond donors (Lipinski definition) is 0. The molecule has 0 aliphatic carbocycles. The van der Waals surface area contributed by atoms with Gasteiger partial charge in [-0.1, -0.05) is 23.5 Å². The predicted octanol–water partition coefficient (Wildman–Crippen LogP) is 3.47. The quantitative estimate of drug-likeness (QED) is 0.337. The Bertz CT molecular complexity index is 1370. The number of hydrogen-bond acceptors (Lipinski definition) is 7. The third-order valence-electron chi connectivity index (χ3n) is 5.69. The van der Waals surface area contributed by atoms with Gasteiger partial charge in [-0.25, -0.2) is 4.98 Å². The average molecular weight is 465 g/mol. The maximum atomic E-state index is 13.2. The molecule has 11 heteroatoms. The van der Waals surface area contributed by atoms with Gasteiger partial charge in [0.05, 0.1) is 16.9 Å². The normalized spacial score (nSPS) is 14.1. The Morgan fingerprint density at radius 3 is 2.45 bits per heavy atom. The van der Waals surface area contributed by atoms with Gasteiger partial charge in [0.2, 0.25) is 0 Å². The molecule has 33 heavy (non-hydrogen) atoms. The van der Waals surface area contributed by atoms with Crippen LogP contribution in [-0.2, 0) is 0 Å². The molecular weight excluding hydrogens is 446 g/mol. The maximum Gasteiger partial charge on any atom is 0.289 e.